The second-order valence-corrected chi connectivity index (χ2v) is 22.5. The van der Waals surface area contributed by atoms with E-state index in [4.69, 9.17) is 14.5 Å². The molecule has 306 valence electrons. The maximum Gasteiger partial charge on any atom is 0.227 e. The van der Waals surface area contributed by atoms with Gasteiger partial charge in [0.15, 0.2) is 5.58 Å². The van der Waals surface area contributed by atoms with Crippen LogP contribution in [0.1, 0.15) is 151 Å². The van der Waals surface area contributed by atoms with Gasteiger partial charge in [0, 0.05) is 11.1 Å². The fraction of sp³-hybridized carbons (Fsp3) is 0.444. The smallest absolute Gasteiger partial charge is 0.227 e. The van der Waals surface area contributed by atoms with Gasteiger partial charge in [-0.05, 0) is 123 Å². The lowest BCUT2D eigenvalue weighted by Gasteiger charge is -2.33. The average Bonchev–Trinajstić information content (AvgIpc) is 3.73. The molecule has 4 aromatic carbocycles. The molecule has 0 spiro atoms. The molecule has 0 aliphatic heterocycles. The molecule has 0 aliphatic rings. The quantitative estimate of drug-likeness (QED) is 0.132. The Labute approximate surface area is 350 Å². The predicted molar refractivity (Wildman–Crippen MR) is 249 cm³/mol. The van der Waals surface area contributed by atoms with Crippen LogP contribution in [0.2, 0.25) is 0 Å². The first kappa shape index (κ1) is 42.9. The number of aromatic nitrogens is 3. The highest BCUT2D eigenvalue weighted by molar-refractivity contribution is 5.78. The van der Waals surface area contributed by atoms with E-state index in [0.717, 1.165) is 64.1 Å². The van der Waals surface area contributed by atoms with Gasteiger partial charge in [0.2, 0.25) is 5.89 Å². The molecule has 0 saturated carbocycles. The van der Waals surface area contributed by atoms with E-state index in [1.165, 1.54) is 16.7 Å². The van der Waals surface area contributed by atoms with Gasteiger partial charge in [-0.3, -0.25) is 0 Å². The van der Waals surface area contributed by atoms with Crippen molar-refractivity contribution in [2.45, 2.75) is 139 Å². The van der Waals surface area contributed by atoms with E-state index in [9.17, 15) is 0 Å². The molecular formula is C54H69N3O. The summed E-state index contributed by atoms with van der Waals surface area (Å²) in [5.74, 6) is 0.623. The molecule has 4 heteroatoms. The molecule has 0 N–H and O–H groups in total. The maximum absolute atomic E-state index is 6.31. The Morgan fingerprint density at radius 3 is 1.48 bits per heavy atom. The van der Waals surface area contributed by atoms with Gasteiger partial charge in [0.1, 0.15) is 5.52 Å². The summed E-state index contributed by atoms with van der Waals surface area (Å²) >= 11 is 0. The van der Waals surface area contributed by atoms with Crippen LogP contribution in [0, 0.1) is 16.2 Å². The molecule has 6 rings (SSSR count). The van der Waals surface area contributed by atoms with Crippen LogP contribution in [-0.4, -0.2) is 14.8 Å². The van der Waals surface area contributed by atoms with E-state index in [-0.39, 0.29) is 32.5 Å². The number of rotatable bonds is 11. The summed E-state index contributed by atoms with van der Waals surface area (Å²) in [5.41, 5.74) is 12.7. The van der Waals surface area contributed by atoms with Crippen LogP contribution < -0.4 is 0 Å². The highest BCUT2D eigenvalue weighted by Gasteiger charge is 2.30. The van der Waals surface area contributed by atoms with Crippen LogP contribution in [0.15, 0.2) is 101 Å². The van der Waals surface area contributed by atoms with Crippen molar-refractivity contribution in [1.82, 2.24) is 14.8 Å². The zero-order chi connectivity index (χ0) is 42.5. The second-order valence-electron chi connectivity index (χ2n) is 22.5. The Hall–Kier alpha value is -4.70. The zero-order valence-electron chi connectivity index (χ0n) is 38.3. The Bertz CT molecular complexity index is 2360. The molecular weight excluding hydrogens is 707 g/mol. The number of benzene rings is 4. The van der Waals surface area contributed by atoms with Crippen LogP contribution in [0.4, 0.5) is 0 Å². The molecule has 4 nitrogen and oxygen atoms in total. The van der Waals surface area contributed by atoms with E-state index in [1.54, 1.807) is 0 Å². The van der Waals surface area contributed by atoms with Crippen molar-refractivity contribution in [1.29, 1.82) is 0 Å². The van der Waals surface area contributed by atoms with Gasteiger partial charge in [-0.2, -0.15) is 5.10 Å². The maximum atomic E-state index is 6.31. The van der Waals surface area contributed by atoms with E-state index in [2.05, 4.69) is 218 Å². The SMILES string of the molecule is CC(C)(C)CC(C)(C)c1ccc(C=Cc2cc(-c3ccc(C(C)(C)CC(C)(C)C)cc3)n(-c3ccc(-c4nc5cc(C(C)(C)CC(C)(C)C)ccc5o4)cc3)n2)cc1. The first-order chi connectivity index (χ1) is 26.8. The molecule has 0 bridgehead atoms. The van der Waals surface area contributed by atoms with Crippen molar-refractivity contribution in [2.75, 3.05) is 0 Å². The standard InChI is InChI=1S/C54H69N3O/c1-49(2,3)34-52(10,11)40-23-16-37(17-24-40)18-28-43-33-46(38-19-25-41(26-20-38)53(12,13)35-50(4,5)6)57(56-43)44-29-21-39(22-30-44)48-55-45-32-42(27-31-47(45)58-48)54(14,15)36-51(7,8)9/h16-33H,34-36H2,1-15H3. The topological polar surface area (TPSA) is 43.9 Å². The Morgan fingerprint density at radius 1 is 0.500 bits per heavy atom. The van der Waals surface area contributed by atoms with Gasteiger partial charge < -0.3 is 4.42 Å². The Morgan fingerprint density at radius 2 is 0.966 bits per heavy atom. The highest BCUT2D eigenvalue weighted by atomic mass is 16.3. The van der Waals surface area contributed by atoms with Gasteiger partial charge in [-0.25, -0.2) is 9.67 Å². The molecule has 6 aromatic rings. The van der Waals surface area contributed by atoms with E-state index in [0.29, 0.717) is 5.89 Å². The van der Waals surface area contributed by atoms with Crippen molar-refractivity contribution >= 4 is 23.3 Å². The molecule has 0 amide bonds. The summed E-state index contributed by atoms with van der Waals surface area (Å²) in [6.45, 7) is 34.8. The first-order valence-electron chi connectivity index (χ1n) is 21.3. The first-order valence-corrected chi connectivity index (χ1v) is 21.3. The van der Waals surface area contributed by atoms with Crippen molar-refractivity contribution in [2.24, 2.45) is 16.2 Å². The van der Waals surface area contributed by atoms with Crippen LogP contribution in [-0.2, 0) is 16.2 Å². The number of fused-ring (bicyclic) bond motifs is 1. The molecule has 58 heavy (non-hydrogen) atoms. The summed E-state index contributed by atoms with van der Waals surface area (Å²) < 4.78 is 8.37. The summed E-state index contributed by atoms with van der Waals surface area (Å²) in [6, 6.07) is 35.2. The fourth-order valence-electron chi connectivity index (χ4n) is 9.70. The molecule has 0 aliphatic carbocycles. The average molecular weight is 776 g/mol. The minimum atomic E-state index is 0.0272. The van der Waals surface area contributed by atoms with Crippen LogP contribution in [0.3, 0.4) is 0 Å². The van der Waals surface area contributed by atoms with Gasteiger partial charge in [0.25, 0.3) is 0 Å². The second kappa shape index (κ2) is 15.5. The summed E-state index contributed by atoms with van der Waals surface area (Å²) in [6.07, 6.45) is 7.59. The lowest BCUT2D eigenvalue weighted by atomic mass is 9.72. The predicted octanol–water partition coefficient (Wildman–Crippen LogP) is 15.7. The third-order valence-corrected chi connectivity index (χ3v) is 11.3. The number of hydrogen-bond donors (Lipinski definition) is 0. The lowest BCUT2D eigenvalue weighted by molar-refractivity contribution is 0.283. The van der Waals surface area contributed by atoms with Crippen molar-refractivity contribution in [3.05, 3.63) is 125 Å². The molecule has 0 fully saturated rings. The fourth-order valence-corrected chi connectivity index (χ4v) is 9.70. The van der Waals surface area contributed by atoms with Gasteiger partial charge in [-0.15, -0.1) is 0 Å². The number of nitrogens with zero attached hydrogens (tertiary/aromatic N) is 3. The lowest BCUT2D eigenvalue weighted by Crippen LogP contribution is -2.24. The summed E-state index contributed by atoms with van der Waals surface area (Å²) in [7, 11) is 0. The van der Waals surface area contributed by atoms with E-state index < -0.39 is 0 Å². The molecule has 0 radical (unpaired) electrons. The number of oxazole rings is 1. The van der Waals surface area contributed by atoms with Gasteiger partial charge in [0.05, 0.1) is 17.1 Å². The third-order valence-electron chi connectivity index (χ3n) is 11.3. The van der Waals surface area contributed by atoms with Gasteiger partial charge >= 0.3 is 0 Å². The van der Waals surface area contributed by atoms with E-state index >= 15 is 0 Å². The largest absolute Gasteiger partial charge is 0.436 e. The zero-order valence-corrected chi connectivity index (χ0v) is 38.3. The Balaban J connectivity index is 1.32. The van der Waals surface area contributed by atoms with E-state index in [1.807, 2.05) is 0 Å². The third kappa shape index (κ3) is 10.5. The molecule has 0 saturated heterocycles. The monoisotopic (exact) mass is 776 g/mol. The normalized spacial score (nSPS) is 13.6. The molecule has 2 heterocycles. The summed E-state index contributed by atoms with van der Waals surface area (Å²) in [4.78, 5) is 4.96. The molecule has 0 atom stereocenters. The van der Waals surface area contributed by atoms with Gasteiger partial charge in [-0.1, -0.05) is 165 Å². The number of hydrogen-bond acceptors (Lipinski definition) is 3. The van der Waals surface area contributed by atoms with Crippen LogP contribution in [0.5, 0.6) is 0 Å². The molecule has 2 aromatic heterocycles. The van der Waals surface area contributed by atoms with Crippen molar-refractivity contribution in [3.8, 4) is 28.4 Å². The van der Waals surface area contributed by atoms with Crippen LogP contribution >= 0.6 is 0 Å². The van der Waals surface area contributed by atoms with Crippen LogP contribution in [0.25, 0.3) is 51.7 Å². The summed E-state index contributed by atoms with van der Waals surface area (Å²) in [5, 5.41) is 5.17. The Kier molecular flexibility index (Phi) is 11.4. The molecule has 0 unspecified atom stereocenters. The minimum absolute atomic E-state index is 0.0272. The highest BCUT2D eigenvalue weighted by Crippen LogP contribution is 2.40. The van der Waals surface area contributed by atoms with Crippen molar-refractivity contribution in [3.63, 3.8) is 0 Å². The van der Waals surface area contributed by atoms with Crippen molar-refractivity contribution < 1.29 is 4.42 Å². The minimum Gasteiger partial charge on any atom is -0.436 e.